The van der Waals surface area contributed by atoms with Crippen molar-refractivity contribution in [2.24, 2.45) is 17.8 Å². The maximum absolute atomic E-state index is 12.5. The number of rotatable bonds is 3. The van der Waals surface area contributed by atoms with Crippen LogP contribution < -0.4 is 5.32 Å². The summed E-state index contributed by atoms with van der Waals surface area (Å²) in [6, 6.07) is 7.50. The average Bonchev–Trinajstić information content (AvgIpc) is 2.55. The molecule has 2 saturated carbocycles. The number of anilines is 1. The number of benzene rings is 1. The summed E-state index contributed by atoms with van der Waals surface area (Å²) in [5.41, 5.74) is 1.55. The fourth-order valence-corrected chi connectivity index (χ4v) is 4.13. The maximum atomic E-state index is 12.5. The first-order chi connectivity index (χ1) is 10.3. The van der Waals surface area contributed by atoms with Gasteiger partial charge in [-0.05, 0) is 37.2 Å². The Balaban J connectivity index is 1.63. The van der Waals surface area contributed by atoms with Crippen LogP contribution in [-0.4, -0.2) is 11.0 Å². The van der Waals surface area contributed by atoms with Gasteiger partial charge in [0.2, 0.25) is 5.91 Å². The molecule has 2 fully saturated rings. The van der Waals surface area contributed by atoms with Crippen molar-refractivity contribution < 1.29 is 9.90 Å². The second kappa shape index (κ2) is 6.61. The molecule has 2 aliphatic carbocycles. The van der Waals surface area contributed by atoms with E-state index in [0.717, 1.165) is 35.9 Å². The standard InChI is InChI=1S/C18H25NO2/c20-12-16-7-3-4-8-17(16)19-18(21)15-10-9-13-5-1-2-6-14(13)11-15/h3-4,7-8,13-15,20H,1-2,5-6,9-12H2,(H,19,21). The molecule has 2 aliphatic rings. The number of amides is 1. The summed E-state index contributed by atoms with van der Waals surface area (Å²) >= 11 is 0. The summed E-state index contributed by atoms with van der Waals surface area (Å²) in [5.74, 6) is 1.92. The smallest absolute Gasteiger partial charge is 0.227 e. The minimum absolute atomic E-state index is 0.0359. The molecule has 21 heavy (non-hydrogen) atoms. The summed E-state index contributed by atoms with van der Waals surface area (Å²) in [7, 11) is 0. The largest absolute Gasteiger partial charge is 0.392 e. The van der Waals surface area contributed by atoms with Crippen LogP contribution in [0.25, 0.3) is 0 Å². The molecule has 0 saturated heterocycles. The van der Waals surface area contributed by atoms with Crippen molar-refractivity contribution in [1.82, 2.24) is 0 Å². The molecule has 0 spiro atoms. The highest BCUT2D eigenvalue weighted by atomic mass is 16.3. The Morgan fingerprint density at radius 3 is 2.67 bits per heavy atom. The van der Waals surface area contributed by atoms with Crippen LogP contribution in [0.2, 0.25) is 0 Å². The molecule has 0 bridgehead atoms. The molecular weight excluding hydrogens is 262 g/mol. The third-order valence-corrected chi connectivity index (χ3v) is 5.36. The van der Waals surface area contributed by atoms with E-state index in [1.807, 2.05) is 24.3 Å². The number of nitrogens with one attached hydrogen (secondary N) is 1. The van der Waals surface area contributed by atoms with E-state index in [9.17, 15) is 9.90 Å². The van der Waals surface area contributed by atoms with E-state index in [1.54, 1.807) is 0 Å². The summed E-state index contributed by atoms with van der Waals surface area (Å²) in [4.78, 5) is 12.5. The zero-order valence-corrected chi connectivity index (χ0v) is 12.6. The predicted molar refractivity (Wildman–Crippen MR) is 83.8 cm³/mol. The summed E-state index contributed by atoms with van der Waals surface area (Å²) < 4.78 is 0. The third-order valence-electron chi connectivity index (χ3n) is 5.36. The summed E-state index contributed by atoms with van der Waals surface area (Å²) in [5, 5.41) is 12.4. The lowest BCUT2D eigenvalue weighted by Crippen LogP contribution is -2.34. The molecule has 3 unspecified atom stereocenters. The van der Waals surface area contributed by atoms with Gasteiger partial charge in [0, 0.05) is 17.2 Å². The minimum atomic E-state index is -0.0359. The van der Waals surface area contributed by atoms with Crippen LogP contribution in [0.5, 0.6) is 0 Å². The number of para-hydroxylation sites is 1. The predicted octanol–water partition coefficient (Wildman–Crippen LogP) is 3.72. The Hall–Kier alpha value is -1.35. The first kappa shape index (κ1) is 14.6. The van der Waals surface area contributed by atoms with Crippen LogP contribution in [0.4, 0.5) is 5.69 Å². The van der Waals surface area contributed by atoms with Crippen LogP contribution in [0.15, 0.2) is 24.3 Å². The van der Waals surface area contributed by atoms with Crippen molar-refractivity contribution >= 4 is 11.6 Å². The zero-order valence-electron chi connectivity index (χ0n) is 12.6. The van der Waals surface area contributed by atoms with Crippen LogP contribution in [0, 0.1) is 17.8 Å². The number of fused-ring (bicyclic) bond motifs is 1. The Kier molecular flexibility index (Phi) is 4.59. The van der Waals surface area contributed by atoms with Gasteiger partial charge in [0.15, 0.2) is 0 Å². The number of carbonyl (C=O) groups excluding carboxylic acids is 1. The summed E-state index contributed by atoms with van der Waals surface area (Å²) in [6.07, 6.45) is 8.68. The summed E-state index contributed by atoms with van der Waals surface area (Å²) in [6.45, 7) is -0.0359. The van der Waals surface area contributed by atoms with Gasteiger partial charge >= 0.3 is 0 Å². The minimum Gasteiger partial charge on any atom is -0.392 e. The molecule has 3 nitrogen and oxygen atoms in total. The molecule has 0 aliphatic heterocycles. The van der Waals surface area contributed by atoms with Crippen molar-refractivity contribution in [2.75, 3.05) is 5.32 Å². The molecule has 3 heteroatoms. The maximum Gasteiger partial charge on any atom is 0.227 e. The third kappa shape index (κ3) is 3.29. The second-order valence-electron chi connectivity index (χ2n) is 6.62. The van der Waals surface area contributed by atoms with Gasteiger partial charge in [0.05, 0.1) is 6.61 Å². The first-order valence-corrected chi connectivity index (χ1v) is 8.27. The number of hydrogen-bond donors (Lipinski definition) is 2. The molecule has 114 valence electrons. The molecule has 3 atom stereocenters. The highest BCUT2D eigenvalue weighted by molar-refractivity contribution is 5.93. The molecule has 0 radical (unpaired) electrons. The number of aliphatic hydroxyl groups excluding tert-OH is 1. The van der Waals surface area contributed by atoms with Crippen molar-refractivity contribution in [3.63, 3.8) is 0 Å². The highest BCUT2D eigenvalue weighted by Gasteiger charge is 2.35. The topological polar surface area (TPSA) is 49.3 Å². The van der Waals surface area contributed by atoms with E-state index in [0.29, 0.717) is 0 Å². The molecule has 0 aromatic heterocycles. The molecule has 2 N–H and O–H groups in total. The molecular formula is C18H25NO2. The Bertz CT molecular complexity index is 500. The molecule has 1 aromatic carbocycles. The van der Waals surface area contributed by atoms with E-state index < -0.39 is 0 Å². The van der Waals surface area contributed by atoms with Crippen molar-refractivity contribution in [3.8, 4) is 0 Å². The number of aliphatic hydroxyl groups is 1. The normalized spacial score (nSPS) is 28.7. The Labute approximate surface area is 126 Å². The SMILES string of the molecule is O=C(Nc1ccccc1CO)C1CCC2CCCCC2C1. The number of hydrogen-bond acceptors (Lipinski definition) is 2. The van der Waals surface area contributed by atoms with E-state index >= 15 is 0 Å². The quantitative estimate of drug-likeness (QED) is 0.890. The Morgan fingerprint density at radius 2 is 1.86 bits per heavy atom. The molecule has 1 aromatic rings. The molecule has 1 amide bonds. The lowest BCUT2D eigenvalue weighted by atomic mass is 9.67. The van der Waals surface area contributed by atoms with Gasteiger partial charge in [0.1, 0.15) is 0 Å². The average molecular weight is 287 g/mol. The van der Waals surface area contributed by atoms with Crippen LogP contribution in [0.3, 0.4) is 0 Å². The van der Waals surface area contributed by atoms with Crippen LogP contribution in [-0.2, 0) is 11.4 Å². The monoisotopic (exact) mass is 287 g/mol. The van der Waals surface area contributed by atoms with E-state index in [-0.39, 0.29) is 18.4 Å². The Morgan fingerprint density at radius 1 is 1.10 bits per heavy atom. The van der Waals surface area contributed by atoms with Gasteiger partial charge in [-0.2, -0.15) is 0 Å². The first-order valence-electron chi connectivity index (χ1n) is 8.27. The lowest BCUT2D eigenvalue weighted by Gasteiger charge is -2.38. The number of carbonyl (C=O) groups is 1. The van der Waals surface area contributed by atoms with E-state index in [1.165, 1.54) is 32.1 Å². The fourth-order valence-electron chi connectivity index (χ4n) is 4.13. The molecule has 0 heterocycles. The van der Waals surface area contributed by atoms with Gasteiger partial charge in [-0.15, -0.1) is 0 Å². The van der Waals surface area contributed by atoms with E-state index in [4.69, 9.17) is 0 Å². The highest BCUT2D eigenvalue weighted by Crippen LogP contribution is 2.42. The van der Waals surface area contributed by atoms with Gasteiger partial charge in [-0.1, -0.05) is 43.9 Å². The van der Waals surface area contributed by atoms with Crippen LogP contribution in [0.1, 0.15) is 50.5 Å². The van der Waals surface area contributed by atoms with Crippen LogP contribution >= 0.6 is 0 Å². The second-order valence-corrected chi connectivity index (χ2v) is 6.62. The molecule has 3 rings (SSSR count). The van der Waals surface area contributed by atoms with Gasteiger partial charge in [-0.3, -0.25) is 4.79 Å². The van der Waals surface area contributed by atoms with Crippen molar-refractivity contribution in [3.05, 3.63) is 29.8 Å². The lowest BCUT2D eigenvalue weighted by molar-refractivity contribution is -0.122. The van der Waals surface area contributed by atoms with Gasteiger partial charge in [0.25, 0.3) is 0 Å². The van der Waals surface area contributed by atoms with Gasteiger partial charge in [-0.25, -0.2) is 0 Å². The van der Waals surface area contributed by atoms with Crippen molar-refractivity contribution in [1.29, 1.82) is 0 Å². The van der Waals surface area contributed by atoms with Gasteiger partial charge < -0.3 is 10.4 Å². The van der Waals surface area contributed by atoms with Crippen molar-refractivity contribution in [2.45, 2.75) is 51.6 Å². The zero-order chi connectivity index (χ0) is 14.7. The fraction of sp³-hybridized carbons (Fsp3) is 0.611. The van der Waals surface area contributed by atoms with E-state index in [2.05, 4.69) is 5.32 Å².